The van der Waals surface area contributed by atoms with Gasteiger partial charge in [-0.25, -0.2) is 9.97 Å². The fourth-order valence-electron chi connectivity index (χ4n) is 4.76. The van der Waals surface area contributed by atoms with Crippen LogP contribution < -0.4 is 4.90 Å². The zero-order valence-corrected chi connectivity index (χ0v) is 18.9. The van der Waals surface area contributed by atoms with Crippen molar-refractivity contribution in [3.8, 4) is 16.8 Å². The number of fused-ring (bicyclic) bond motifs is 1. The van der Waals surface area contributed by atoms with Crippen LogP contribution in [0.4, 0.5) is 5.82 Å². The Labute approximate surface area is 185 Å². The average molecular weight is 461 g/mol. The maximum atomic E-state index is 4.80. The average Bonchev–Trinajstić information content (AvgIpc) is 3.14. The summed E-state index contributed by atoms with van der Waals surface area (Å²) in [7, 11) is 0. The van der Waals surface area contributed by atoms with Gasteiger partial charge in [0.05, 0.1) is 5.39 Å². The van der Waals surface area contributed by atoms with Crippen LogP contribution in [0.25, 0.3) is 27.8 Å². The lowest BCUT2D eigenvalue weighted by molar-refractivity contribution is 0.356. The molecule has 0 saturated carbocycles. The molecule has 0 spiro atoms. The van der Waals surface area contributed by atoms with Crippen LogP contribution in [0.5, 0.6) is 0 Å². The van der Waals surface area contributed by atoms with E-state index in [4.69, 9.17) is 9.97 Å². The minimum atomic E-state index is 0.660. The lowest BCUT2D eigenvalue weighted by atomic mass is 9.91. The molecule has 0 radical (unpaired) electrons. The van der Waals surface area contributed by atoms with Crippen LogP contribution in [0.15, 0.2) is 71.6 Å². The van der Waals surface area contributed by atoms with E-state index in [0.717, 1.165) is 40.1 Å². The number of halogens is 1. The van der Waals surface area contributed by atoms with Gasteiger partial charge >= 0.3 is 0 Å². The van der Waals surface area contributed by atoms with E-state index in [1.807, 2.05) is 0 Å². The predicted octanol–water partition coefficient (Wildman–Crippen LogP) is 6.33. The molecule has 1 saturated heterocycles. The van der Waals surface area contributed by atoms with E-state index < -0.39 is 0 Å². The summed E-state index contributed by atoms with van der Waals surface area (Å²) < 4.78 is 3.25. The van der Waals surface area contributed by atoms with Gasteiger partial charge in [-0.1, -0.05) is 60.1 Å². The summed E-state index contributed by atoms with van der Waals surface area (Å²) in [5, 5.41) is 1.13. The molecule has 1 fully saturated rings. The highest BCUT2D eigenvalue weighted by atomic mass is 79.9. The lowest BCUT2D eigenvalue weighted by Gasteiger charge is -2.36. The molecule has 2 aromatic carbocycles. The first-order valence-electron chi connectivity index (χ1n) is 10.5. The number of rotatable bonds is 3. The second-order valence-corrected chi connectivity index (χ2v) is 9.42. The third-order valence-corrected chi connectivity index (χ3v) is 6.45. The van der Waals surface area contributed by atoms with Crippen molar-refractivity contribution in [3.05, 3.63) is 71.6 Å². The van der Waals surface area contributed by atoms with Crippen molar-refractivity contribution >= 4 is 32.8 Å². The summed E-state index contributed by atoms with van der Waals surface area (Å²) >= 11 is 3.54. The van der Waals surface area contributed by atoms with E-state index in [1.165, 1.54) is 17.5 Å². The first-order chi connectivity index (χ1) is 14.6. The van der Waals surface area contributed by atoms with Crippen LogP contribution in [0.3, 0.4) is 0 Å². The van der Waals surface area contributed by atoms with Crippen molar-refractivity contribution < 1.29 is 0 Å². The van der Waals surface area contributed by atoms with Crippen molar-refractivity contribution in [1.29, 1.82) is 0 Å². The van der Waals surface area contributed by atoms with E-state index >= 15 is 0 Å². The Morgan fingerprint density at radius 3 is 2.30 bits per heavy atom. The number of aromatic nitrogens is 3. The topological polar surface area (TPSA) is 34.0 Å². The van der Waals surface area contributed by atoms with Crippen molar-refractivity contribution in [3.63, 3.8) is 0 Å². The molecular weight excluding hydrogens is 436 g/mol. The largest absolute Gasteiger partial charge is 0.355 e. The van der Waals surface area contributed by atoms with Crippen molar-refractivity contribution in [2.24, 2.45) is 11.8 Å². The summed E-state index contributed by atoms with van der Waals surface area (Å²) in [5.41, 5.74) is 4.41. The van der Waals surface area contributed by atoms with Crippen molar-refractivity contribution in [2.75, 3.05) is 18.0 Å². The number of hydrogen-bond donors (Lipinski definition) is 0. The zero-order chi connectivity index (χ0) is 20.7. The Morgan fingerprint density at radius 2 is 1.60 bits per heavy atom. The fraction of sp³-hybridized carbons (Fsp3) is 0.280. The number of piperidine rings is 1. The molecule has 4 nitrogen and oxygen atoms in total. The Balaban J connectivity index is 1.75. The van der Waals surface area contributed by atoms with Crippen LogP contribution in [-0.2, 0) is 0 Å². The molecule has 2 aromatic heterocycles. The smallest absolute Gasteiger partial charge is 0.150 e. The molecule has 30 heavy (non-hydrogen) atoms. The van der Waals surface area contributed by atoms with Gasteiger partial charge in [0, 0.05) is 35.0 Å². The molecule has 1 aliphatic heterocycles. The van der Waals surface area contributed by atoms with Gasteiger partial charge in [0.25, 0.3) is 0 Å². The van der Waals surface area contributed by atoms with E-state index in [0.29, 0.717) is 11.8 Å². The van der Waals surface area contributed by atoms with Gasteiger partial charge in [-0.3, -0.25) is 0 Å². The van der Waals surface area contributed by atoms with E-state index in [-0.39, 0.29) is 0 Å². The first kappa shape index (κ1) is 19.3. The SMILES string of the molecule is C[C@@H]1C[C@H](C)CN(c2ncnc3c2c(-c2ccccc2)cn3-c2ccc(Br)cc2)C1. The van der Waals surface area contributed by atoms with E-state index in [2.05, 4.69) is 100 Å². The molecule has 0 N–H and O–H groups in total. The highest BCUT2D eigenvalue weighted by molar-refractivity contribution is 9.10. The van der Waals surface area contributed by atoms with Gasteiger partial charge in [-0.15, -0.1) is 0 Å². The third kappa shape index (κ3) is 3.52. The minimum Gasteiger partial charge on any atom is -0.355 e. The Kier molecular flexibility index (Phi) is 5.07. The second kappa shape index (κ2) is 7.88. The molecule has 4 aromatic rings. The summed E-state index contributed by atoms with van der Waals surface area (Å²) in [6.45, 7) is 6.75. The summed E-state index contributed by atoms with van der Waals surface area (Å²) in [6.07, 6.45) is 5.19. The quantitative estimate of drug-likeness (QED) is 0.358. The molecule has 0 bridgehead atoms. The number of nitrogens with zero attached hydrogens (tertiary/aromatic N) is 4. The summed E-state index contributed by atoms with van der Waals surface area (Å²) in [4.78, 5) is 12.0. The Morgan fingerprint density at radius 1 is 0.900 bits per heavy atom. The third-order valence-electron chi connectivity index (χ3n) is 5.92. The van der Waals surface area contributed by atoms with Gasteiger partial charge in [0.2, 0.25) is 0 Å². The Hall–Kier alpha value is -2.66. The standard InChI is InChI=1S/C25H25BrN4/c1-17-12-18(2)14-29(13-17)24-23-22(19-6-4-3-5-7-19)15-30(25(23)28-16-27-24)21-10-8-20(26)9-11-21/h3-11,15-18H,12-14H2,1-2H3/t17-,18+. The summed E-state index contributed by atoms with van der Waals surface area (Å²) in [6, 6.07) is 18.9. The van der Waals surface area contributed by atoms with Gasteiger partial charge in [-0.05, 0) is 48.1 Å². The number of hydrogen-bond acceptors (Lipinski definition) is 3. The molecule has 5 rings (SSSR count). The van der Waals surface area contributed by atoms with Crippen LogP contribution in [0.2, 0.25) is 0 Å². The maximum absolute atomic E-state index is 4.80. The lowest BCUT2D eigenvalue weighted by Crippen LogP contribution is -2.39. The molecule has 152 valence electrons. The van der Waals surface area contributed by atoms with Gasteiger partial charge in [0.1, 0.15) is 12.1 Å². The van der Waals surface area contributed by atoms with Crippen molar-refractivity contribution in [1.82, 2.24) is 14.5 Å². The van der Waals surface area contributed by atoms with E-state index in [9.17, 15) is 0 Å². The maximum Gasteiger partial charge on any atom is 0.150 e. The molecular formula is C25H25BrN4. The number of anilines is 1. The Bertz CT molecular complexity index is 1160. The number of benzene rings is 2. The monoisotopic (exact) mass is 460 g/mol. The molecule has 3 heterocycles. The predicted molar refractivity (Wildman–Crippen MR) is 127 cm³/mol. The minimum absolute atomic E-state index is 0.660. The van der Waals surface area contributed by atoms with Gasteiger partial charge in [0.15, 0.2) is 5.65 Å². The molecule has 0 aliphatic carbocycles. The first-order valence-corrected chi connectivity index (χ1v) is 11.3. The molecule has 0 amide bonds. The highest BCUT2D eigenvalue weighted by Gasteiger charge is 2.26. The van der Waals surface area contributed by atoms with Gasteiger partial charge in [-0.2, -0.15) is 0 Å². The van der Waals surface area contributed by atoms with Gasteiger partial charge < -0.3 is 9.47 Å². The van der Waals surface area contributed by atoms with Crippen molar-refractivity contribution in [2.45, 2.75) is 20.3 Å². The molecule has 5 heteroatoms. The summed E-state index contributed by atoms with van der Waals surface area (Å²) in [5.74, 6) is 2.37. The normalized spacial score (nSPS) is 19.4. The molecule has 0 unspecified atom stereocenters. The van der Waals surface area contributed by atoms with Crippen LogP contribution in [0, 0.1) is 11.8 Å². The van der Waals surface area contributed by atoms with Crippen LogP contribution in [0.1, 0.15) is 20.3 Å². The second-order valence-electron chi connectivity index (χ2n) is 8.50. The zero-order valence-electron chi connectivity index (χ0n) is 17.3. The fourth-order valence-corrected chi connectivity index (χ4v) is 5.02. The highest BCUT2D eigenvalue weighted by Crippen LogP contribution is 2.38. The molecule has 1 aliphatic rings. The van der Waals surface area contributed by atoms with E-state index in [1.54, 1.807) is 6.33 Å². The molecule has 2 atom stereocenters. The van der Waals surface area contributed by atoms with Crippen LogP contribution in [-0.4, -0.2) is 27.6 Å². The van der Waals surface area contributed by atoms with Crippen LogP contribution >= 0.6 is 15.9 Å².